The summed E-state index contributed by atoms with van der Waals surface area (Å²) in [5.41, 5.74) is 1.77. The van der Waals surface area contributed by atoms with Crippen LogP contribution in [-0.4, -0.2) is 14.2 Å². The van der Waals surface area contributed by atoms with Crippen molar-refractivity contribution < 1.29 is 0 Å². The number of hydrogen-bond acceptors (Lipinski definition) is 2. The van der Waals surface area contributed by atoms with Gasteiger partial charge in [0.05, 0.1) is 6.54 Å². The molecule has 0 aliphatic rings. The summed E-state index contributed by atoms with van der Waals surface area (Å²) >= 11 is 0. The third kappa shape index (κ3) is 1.83. The lowest BCUT2D eigenvalue weighted by Crippen LogP contribution is -2.20. The highest BCUT2D eigenvalue weighted by Gasteiger charge is 2.03. The molecule has 15 heavy (non-hydrogen) atoms. The molecular weight excluding hydrogens is 190 g/mol. The summed E-state index contributed by atoms with van der Waals surface area (Å²) in [6.45, 7) is 4.53. The van der Waals surface area contributed by atoms with Crippen LogP contribution in [0.4, 0.5) is 0 Å². The van der Waals surface area contributed by atoms with Gasteiger partial charge in [0, 0.05) is 6.20 Å². The van der Waals surface area contributed by atoms with Crippen LogP contribution in [0.5, 0.6) is 0 Å². The van der Waals surface area contributed by atoms with Crippen molar-refractivity contribution in [3.63, 3.8) is 0 Å². The van der Waals surface area contributed by atoms with Crippen LogP contribution in [0.2, 0.25) is 0 Å². The summed E-state index contributed by atoms with van der Waals surface area (Å²) in [5, 5.41) is 4.21. The molecule has 0 saturated carbocycles. The fourth-order valence-corrected chi connectivity index (χ4v) is 1.36. The van der Waals surface area contributed by atoms with E-state index in [0.717, 1.165) is 0 Å². The number of aromatic nitrogens is 3. The maximum absolute atomic E-state index is 11.8. The largest absolute Gasteiger partial charge is 0.350 e. The molecule has 0 atom stereocenters. The van der Waals surface area contributed by atoms with E-state index in [1.54, 1.807) is 10.6 Å². The number of allylic oxidation sites excluding steroid dienone is 2. The van der Waals surface area contributed by atoms with Crippen LogP contribution < -0.4 is 5.69 Å². The summed E-state index contributed by atoms with van der Waals surface area (Å²) in [7, 11) is 0. The van der Waals surface area contributed by atoms with Crippen LogP contribution in [0, 0.1) is 0 Å². The lowest BCUT2D eigenvalue weighted by molar-refractivity contribution is 0.669. The Morgan fingerprint density at radius 1 is 1.47 bits per heavy atom. The maximum Gasteiger partial charge on any atom is 0.350 e. The van der Waals surface area contributed by atoms with Gasteiger partial charge in [-0.2, -0.15) is 0 Å². The smallest absolute Gasteiger partial charge is 0.250 e. The third-order valence-electron chi connectivity index (χ3n) is 2.16. The van der Waals surface area contributed by atoms with Crippen LogP contribution in [0.1, 0.15) is 13.8 Å². The molecule has 0 saturated heterocycles. The average Bonchev–Trinajstić information content (AvgIpc) is 2.54. The van der Waals surface area contributed by atoms with Gasteiger partial charge in [-0.15, -0.1) is 5.10 Å². The van der Waals surface area contributed by atoms with Crippen LogP contribution in [-0.2, 0) is 6.54 Å². The predicted molar refractivity (Wildman–Crippen MR) is 58.9 cm³/mol. The molecule has 2 rings (SSSR count). The van der Waals surface area contributed by atoms with E-state index in [0.29, 0.717) is 12.2 Å². The van der Waals surface area contributed by atoms with E-state index < -0.39 is 0 Å². The Bertz CT molecular complexity index is 558. The molecular formula is C11H13N3O. The molecule has 0 spiro atoms. The molecule has 0 unspecified atom stereocenters. The summed E-state index contributed by atoms with van der Waals surface area (Å²) < 4.78 is 3.00. The van der Waals surface area contributed by atoms with Crippen LogP contribution in [0.3, 0.4) is 0 Å². The molecule has 0 aliphatic heterocycles. The summed E-state index contributed by atoms with van der Waals surface area (Å²) in [6.07, 6.45) is 3.71. The van der Waals surface area contributed by atoms with Crippen LogP contribution >= 0.6 is 0 Å². The summed E-state index contributed by atoms with van der Waals surface area (Å²) in [4.78, 5) is 11.8. The van der Waals surface area contributed by atoms with Crippen molar-refractivity contribution in [2.24, 2.45) is 0 Å². The van der Waals surface area contributed by atoms with Gasteiger partial charge in [-0.05, 0) is 26.0 Å². The van der Waals surface area contributed by atoms with Gasteiger partial charge < -0.3 is 0 Å². The molecule has 0 aliphatic carbocycles. The van der Waals surface area contributed by atoms with E-state index >= 15 is 0 Å². The molecule has 4 heteroatoms. The summed E-state index contributed by atoms with van der Waals surface area (Å²) in [6, 6.07) is 5.51. The molecule has 0 N–H and O–H groups in total. The minimum atomic E-state index is -0.0944. The quantitative estimate of drug-likeness (QED) is 0.693. The standard InChI is InChI=1S/C11H13N3O/c1-9(2)6-8-14-11(15)13-7-4-3-5-10(13)12-14/h3-7H,8H2,1-2H3. The number of hydrogen-bond donors (Lipinski definition) is 0. The second kappa shape index (κ2) is 3.73. The van der Waals surface area contributed by atoms with Crippen molar-refractivity contribution in [1.82, 2.24) is 14.2 Å². The third-order valence-corrected chi connectivity index (χ3v) is 2.16. The highest BCUT2D eigenvalue weighted by molar-refractivity contribution is 5.35. The monoisotopic (exact) mass is 203 g/mol. The molecule has 0 aromatic carbocycles. The zero-order valence-electron chi connectivity index (χ0n) is 8.84. The van der Waals surface area contributed by atoms with Crippen molar-refractivity contribution >= 4 is 5.65 Å². The Hall–Kier alpha value is -1.84. The van der Waals surface area contributed by atoms with E-state index in [-0.39, 0.29) is 5.69 Å². The lowest BCUT2D eigenvalue weighted by Gasteiger charge is -1.92. The summed E-state index contributed by atoms with van der Waals surface area (Å²) in [5.74, 6) is 0. The molecule has 0 bridgehead atoms. The first-order valence-electron chi connectivity index (χ1n) is 4.86. The Balaban J connectivity index is 2.49. The molecule has 0 radical (unpaired) electrons. The van der Waals surface area contributed by atoms with Gasteiger partial charge in [0.25, 0.3) is 0 Å². The Kier molecular flexibility index (Phi) is 2.41. The number of rotatable bonds is 2. The van der Waals surface area contributed by atoms with Gasteiger partial charge in [0.2, 0.25) is 0 Å². The SMILES string of the molecule is CC(C)=CCn1nc2ccccn2c1=O. The van der Waals surface area contributed by atoms with Crippen molar-refractivity contribution in [3.8, 4) is 0 Å². The van der Waals surface area contributed by atoms with Crippen molar-refractivity contribution in [3.05, 3.63) is 46.5 Å². The van der Waals surface area contributed by atoms with Gasteiger partial charge in [-0.3, -0.25) is 4.40 Å². The predicted octanol–water partition coefficient (Wildman–Crippen LogP) is 1.46. The average molecular weight is 203 g/mol. The van der Waals surface area contributed by atoms with Gasteiger partial charge in [-0.25, -0.2) is 9.48 Å². The van der Waals surface area contributed by atoms with Gasteiger partial charge >= 0.3 is 5.69 Å². The highest BCUT2D eigenvalue weighted by Crippen LogP contribution is 1.96. The molecule has 2 aromatic heterocycles. The van der Waals surface area contributed by atoms with Gasteiger partial charge in [-0.1, -0.05) is 17.7 Å². The molecule has 78 valence electrons. The molecule has 0 fully saturated rings. The second-order valence-corrected chi connectivity index (χ2v) is 3.67. The van der Waals surface area contributed by atoms with Crippen LogP contribution in [0.15, 0.2) is 40.8 Å². The normalized spacial score (nSPS) is 10.5. The van der Waals surface area contributed by atoms with Gasteiger partial charge in [0.15, 0.2) is 5.65 Å². The van der Waals surface area contributed by atoms with E-state index in [4.69, 9.17) is 0 Å². The molecule has 4 nitrogen and oxygen atoms in total. The first kappa shape index (κ1) is 9.71. The van der Waals surface area contributed by atoms with Crippen molar-refractivity contribution in [1.29, 1.82) is 0 Å². The van der Waals surface area contributed by atoms with Gasteiger partial charge in [0.1, 0.15) is 0 Å². The lowest BCUT2D eigenvalue weighted by atomic mass is 10.3. The van der Waals surface area contributed by atoms with Crippen molar-refractivity contribution in [2.75, 3.05) is 0 Å². The Morgan fingerprint density at radius 3 is 2.93 bits per heavy atom. The Morgan fingerprint density at radius 2 is 2.27 bits per heavy atom. The number of nitrogens with zero attached hydrogens (tertiary/aromatic N) is 3. The maximum atomic E-state index is 11.8. The van der Waals surface area contributed by atoms with Crippen LogP contribution in [0.25, 0.3) is 5.65 Å². The number of fused-ring (bicyclic) bond motifs is 1. The first-order chi connectivity index (χ1) is 7.18. The highest BCUT2D eigenvalue weighted by atomic mass is 16.2. The minimum absolute atomic E-state index is 0.0944. The van der Waals surface area contributed by atoms with E-state index in [1.165, 1.54) is 10.3 Å². The Labute approximate surface area is 87.5 Å². The van der Waals surface area contributed by atoms with Crippen molar-refractivity contribution in [2.45, 2.75) is 20.4 Å². The first-order valence-corrected chi connectivity index (χ1v) is 4.86. The van der Waals surface area contributed by atoms with E-state index in [9.17, 15) is 4.79 Å². The second-order valence-electron chi connectivity index (χ2n) is 3.67. The molecule has 2 heterocycles. The zero-order valence-corrected chi connectivity index (χ0v) is 8.84. The molecule has 2 aromatic rings. The minimum Gasteiger partial charge on any atom is -0.250 e. The van der Waals surface area contributed by atoms with E-state index in [2.05, 4.69) is 5.10 Å². The molecule has 0 amide bonds. The fraction of sp³-hybridized carbons (Fsp3) is 0.273. The van der Waals surface area contributed by atoms with E-state index in [1.807, 2.05) is 38.1 Å². The number of pyridine rings is 1. The topological polar surface area (TPSA) is 39.3 Å². The fourth-order valence-electron chi connectivity index (χ4n) is 1.36. The zero-order chi connectivity index (χ0) is 10.8.